The average Bonchev–Trinajstić information content (AvgIpc) is 3.19. The molecular formula is C21H28N4O. The van der Waals surface area contributed by atoms with Crippen LogP contribution in [0.5, 0.6) is 5.88 Å². The molecule has 2 saturated carbocycles. The number of rotatable bonds is 4. The number of likely N-dealkylation sites (tertiary alicyclic amines) is 1. The summed E-state index contributed by atoms with van der Waals surface area (Å²) < 4.78 is 8.53. The molecule has 2 aromatic heterocycles. The molecule has 3 aliphatic rings. The van der Waals surface area contributed by atoms with Crippen molar-refractivity contribution in [3.63, 3.8) is 0 Å². The number of nitrogens with zero attached hydrogens (tertiary/aromatic N) is 4. The van der Waals surface area contributed by atoms with E-state index in [1.165, 1.54) is 37.9 Å². The monoisotopic (exact) mass is 352 g/mol. The maximum absolute atomic E-state index is 6.39. The summed E-state index contributed by atoms with van der Waals surface area (Å²) in [5.74, 6) is 2.25. The molecule has 0 bridgehead atoms. The molecule has 1 aliphatic heterocycles. The first-order valence-electron chi connectivity index (χ1n) is 10.1. The van der Waals surface area contributed by atoms with Gasteiger partial charge in [-0.05, 0) is 56.1 Å². The Morgan fingerprint density at radius 3 is 2.62 bits per heavy atom. The second kappa shape index (κ2) is 6.69. The predicted molar refractivity (Wildman–Crippen MR) is 100 cm³/mol. The molecule has 3 fully saturated rings. The number of pyridine rings is 1. The molecule has 2 aromatic rings. The summed E-state index contributed by atoms with van der Waals surface area (Å²) in [4.78, 5) is 7.15. The van der Waals surface area contributed by atoms with Crippen LogP contribution in [-0.4, -0.2) is 44.9 Å². The molecule has 0 amide bonds. The molecule has 5 heteroatoms. The van der Waals surface area contributed by atoms with Crippen LogP contribution < -0.4 is 4.74 Å². The van der Waals surface area contributed by atoms with Crippen molar-refractivity contribution in [1.82, 2.24) is 19.7 Å². The standard InChI is InChI=1S/C21H28N4O/c1-15-11-23-25(12-15)19-9-16-13-24(18-5-4-6-18)14-17(16)10-20(19)26-21-7-2-3-8-22-21/h2-3,7-8,11-12,16-20H,4-6,9-10,13-14H2,1H3/t16-,17+,19-,20-/m0/s1. The fraction of sp³-hybridized carbons (Fsp3) is 0.619. The van der Waals surface area contributed by atoms with Crippen LogP contribution in [0.15, 0.2) is 36.8 Å². The Morgan fingerprint density at radius 1 is 1.12 bits per heavy atom. The number of ether oxygens (including phenoxy) is 1. The summed E-state index contributed by atoms with van der Waals surface area (Å²) in [5, 5.41) is 4.63. The number of fused-ring (bicyclic) bond motifs is 1. The van der Waals surface area contributed by atoms with Gasteiger partial charge in [-0.2, -0.15) is 5.10 Å². The zero-order valence-electron chi connectivity index (χ0n) is 15.5. The number of hydrogen-bond acceptors (Lipinski definition) is 4. The molecule has 2 aliphatic carbocycles. The molecule has 4 atom stereocenters. The Labute approximate surface area is 155 Å². The number of aromatic nitrogens is 3. The zero-order chi connectivity index (χ0) is 17.5. The third-order valence-electron chi connectivity index (χ3n) is 6.68. The molecular weight excluding hydrogens is 324 g/mol. The van der Waals surface area contributed by atoms with E-state index in [9.17, 15) is 0 Å². The van der Waals surface area contributed by atoms with E-state index in [0.29, 0.717) is 6.04 Å². The van der Waals surface area contributed by atoms with Gasteiger partial charge in [0.2, 0.25) is 5.88 Å². The van der Waals surface area contributed by atoms with Crippen LogP contribution in [0, 0.1) is 18.8 Å². The topological polar surface area (TPSA) is 43.2 Å². The molecule has 3 heterocycles. The Kier molecular flexibility index (Phi) is 4.20. The van der Waals surface area contributed by atoms with Crippen molar-refractivity contribution in [2.24, 2.45) is 11.8 Å². The van der Waals surface area contributed by atoms with Crippen molar-refractivity contribution in [3.05, 3.63) is 42.4 Å². The smallest absolute Gasteiger partial charge is 0.213 e. The van der Waals surface area contributed by atoms with Crippen LogP contribution in [0.25, 0.3) is 0 Å². The van der Waals surface area contributed by atoms with Gasteiger partial charge in [0.25, 0.3) is 0 Å². The van der Waals surface area contributed by atoms with E-state index in [0.717, 1.165) is 36.6 Å². The van der Waals surface area contributed by atoms with Gasteiger partial charge in [-0.1, -0.05) is 12.5 Å². The molecule has 0 unspecified atom stereocenters. The van der Waals surface area contributed by atoms with Gasteiger partial charge in [-0.25, -0.2) is 4.98 Å². The molecule has 5 nitrogen and oxygen atoms in total. The minimum Gasteiger partial charge on any atom is -0.472 e. The highest BCUT2D eigenvalue weighted by atomic mass is 16.5. The van der Waals surface area contributed by atoms with Crippen LogP contribution in [-0.2, 0) is 0 Å². The maximum Gasteiger partial charge on any atom is 0.213 e. The highest BCUT2D eigenvalue weighted by Crippen LogP contribution is 2.44. The highest BCUT2D eigenvalue weighted by Gasteiger charge is 2.46. The van der Waals surface area contributed by atoms with Gasteiger partial charge in [0.15, 0.2) is 0 Å². The Bertz CT molecular complexity index is 741. The molecule has 5 rings (SSSR count). The summed E-state index contributed by atoms with van der Waals surface area (Å²) >= 11 is 0. The lowest BCUT2D eigenvalue weighted by Crippen LogP contribution is -2.40. The Morgan fingerprint density at radius 2 is 1.96 bits per heavy atom. The minimum absolute atomic E-state index is 0.145. The summed E-state index contributed by atoms with van der Waals surface area (Å²) in [6, 6.07) is 7.04. The van der Waals surface area contributed by atoms with Crippen molar-refractivity contribution in [3.8, 4) is 5.88 Å². The Hall–Kier alpha value is -1.88. The lowest BCUT2D eigenvalue weighted by atomic mass is 9.77. The van der Waals surface area contributed by atoms with Crippen molar-refractivity contribution in [2.75, 3.05) is 13.1 Å². The van der Waals surface area contributed by atoms with Gasteiger partial charge >= 0.3 is 0 Å². The van der Waals surface area contributed by atoms with Gasteiger partial charge in [0.05, 0.1) is 12.2 Å². The summed E-state index contributed by atoms with van der Waals surface area (Å²) in [5.41, 5.74) is 1.21. The normalized spacial score (nSPS) is 32.2. The summed E-state index contributed by atoms with van der Waals surface area (Å²) in [6.45, 7) is 4.63. The first kappa shape index (κ1) is 16.3. The van der Waals surface area contributed by atoms with Gasteiger partial charge in [-0.15, -0.1) is 0 Å². The second-order valence-corrected chi connectivity index (χ2v) is 8.42. The molecule has 138 valence electrons. The van der Waals surface area contributed by atoms with Gasteiger partial charge < -0.3 is 4.74 Å². The van der Waals surface area contributed by atoms with Crippen LogP contribution in [0.1, 0.15) is 43.7 Å². The zero-order valence-corrected chi connectivity index (χ0v) is 15.5. The lowest BCUT2D eigenvalue weighted by molar-refractivity contribution is 0.0458. The van der Waals surface area contributed by atoms with Crippen molar-refractivity contribution < 1.29 is 4.74 Å². The minimum atomic E-state index is 0.145. The van der Waals surface area contributed by atoms with E-state index in [1.807, 2.05) is 30.6 Å². The van der Waals surface area contributed by atoms with Crippen LogP contribution in [0.2, 0.25) is 0 Å². The molecule has 1 saturated heterocycles. The number of hydrogen-bond donors (Lipinski definition) is 0. The van der Waals surface area contributed by atoms with E-state index in [2.05, 4.69) is 32.8 Å². The van der Waals surface area contributed by atoms with E-state index >= 15 is 0 Å². The molecule has 26 heavy (non-hydrogen) atoms. The fourth-order valence-electron chi connectivity index (χ4n) is 5.07. The van der Waals surface area contributed by atoms with Crippen LogP contribution in [0.3, 0.4) is 0 Å². The van der Waals surface area contributed by atoms with Crippen LogP contribution >= 0.6 is 0 Å². The SMILES string of the molecule is Cc1cnn([C@H]2C[C@H]3CN(C4CCC4)C[C@H]3C[C@@H]2Oc2ccccn2)c1. The maximum atomic E-state index is 6.39. The van der Waals surface area contributed by atoms with E-state index < -0.39 is 0 Å². The van der Waals surface area contributed by atoms with E-state index in [4.69, 9.17) is 4.74 Å². The number of aryl methyl sites for hydroxylation is 1. The highest BCUT2D eigenvalue weighted by molar-refractivity contribution is 5.11. The molecule has 0 aromatic carbocycles. The molecule has 0 spiro atoms. The first-order valence-corrected chi connectivity index (χ1v) is 10.1. The van der Waals surface area contributed by atoms with Crippen molar-refractivity contribution in [1.29, 1.82) is 0 Å². The summed E-state index contributed by atoms with van der Waals surface area (Å²) in [7, 11) is 0. The third kappa shape index (κ3) is 3.02. The molecule has 0 N–H and O–H groups in total. The Balaban J connectivity index is 1.37. The summed E-state index contributed by atoms with van der Waals surface area (Å²) in [6.07, 6.45) is 12.5. The van der Waals surface area contributed by atoms with Gasteiger partial charge in [-0.3, -0.25) is 9.58 Å². The second-order valence-electron chi connectivity index (χ2n) is 8.42. The fourth-order valence-corrected chi connectivity index (χ4v) is 5.07. The average molecular weight is 352 g/mol. The third-order valence-corrected chi connectivity index (χ3v) is 6.68. The van der Waals surface area contributed by atoms with E-state index in [-0.39, 0.29) is 6.10 Å². The van der Waals surface area contributed by atoms with Crippen molar-refractivity contribution in [2.45, 2.75) is 57.2 Å². The molecule has 0 radical (unpaired) electrons. The first-order chi connectivity index (χ1) is 12.8. The lowest BCUT2D eigenvalue weighted by Gasteiger charge is -2.37. The van der Waals surface area contributed by atoms with Crippen LogP contribution in [0.4, 0.5) is 0 Å². The van der Waals surface area contributed by atoms with Gasteiger partial charge in [0, 0.05) is 37.6 Å². The quantitative estimate of drug-likeness (QED) is 0.845. The predicted octanol–water partition coefficient (Wildman–Crippen LogP) is 3.47. The largest absolute Gasteiger partial charge is 0.472 e. The van der Waals surface area contributed by atoms with Crippen molar-refractivity contribution >= 4 is 0 Å². The van der Waals surface area contributed by atoms with Gasteiger partial charge in [0.1, 0.15) is 6.10 Å². The van der Waals surface area contributed by atoms with E-state index in [1.54, 1.807) is 0 Å².